The summed E-state index contributed by atoms with van der Waals surface area (Å²) < 4.78 is 0. The van der Waals surface area contributed by atoms with Crippen LogP contribution in [0, 0.1) is 0 Å². The summed E-state index contributed by atoms with van der Waals surface area (Å²) in [6.07, 6.45) is 7.27. The third kappa shape index (κ3) is 3.84. The van der Waals surface area contributed by atoms with Gasteiger partial charge in [-0.3, -0.25) is 19.7 Å². The van der Waals surface area contributed by atoms with Gasteiger partial charge in [0.2, 0.25) is 0 Å². The van der Waals surface area contributed by atoms with E-state index in [1.165, 1.54) is 0 Å². The molecule has 0 N–H and O–H groups in total. The number of likely N-dealkylation sites (tertiary alicyclic amines) is 1. The number of piperidine rings is 1. The highest BCUT2D eigenvalue weighted by Crippen LogP contribution is 2.22. The first kappa shape index (κ1) is 16.3. The third-order valence-corrected chi connectivity index (χ3v) is 4.08. The van der Waals surface area contributed by atoms with E-state index in [0.29, 0.717) is 19.1 Å². The maximum absolute atomic E-state index is 12.9. The molecule has 24 heavy (non-hydrogen) atoms. The second-order valence-corrected chi connectivity index (χ2v) is 6.18. The first-order chi connectivity index (χ1) is 11.6. The van der Waals surface area contributed by atoms with Gasteiger partial charge in [-0.25, -0.2) is 0 Å². The van der Waals surface area contributed by atoms with E-state index in [2.05, 4.69) is 28.7 Å². The number of carbonyl (C=O) groups excluding carboxylic acids is 1. The molecule has 0 atom stereocenters. The number of hydrogen-bond acceptors (Lipinski definition) is 4. The first-order valence-electron chi connectivity index (χ1n) is 8.15. The van der Waals surface area contributed by atoms with Crippen LogP contribution >= 0.6 is 0 Å². The van der Waals surface area contributed by atoms with Crippen molar-refractivity contribution >= 4 is 17.9 Å². The molecular weight excluding hydrogens is 298 g/mol. The fraction of sp³-hybridized carbons (Fsp3) is 0.250. The molecule has 0 bridgehead atoms. The van der Waals surface area contributed by atoms with E-state index in [0.717, 1.165) is 22.5 Å². The lowest BCUT2D eigenvalue weighted by Crippen LogP contribution is -2.41. The highest BCUT2D eigenvalue weighted by atomic mass is 16.1. The van der Waals surface area contributed by atoms with Crippen molar-refractivity contribution in [2.75, 3.05) is 13.1 Å². The van der Waals surface area contributed by atoms with Gasteiger partial charge in [0.1, 0.15) is 0 Å². The number of carbonyl (C=O) groups is 1. The summed E-state index contributed by atoms with van der Waals surface area (Å²) in [5.74, 6) is 0.0863. The highest BCUT2D eigenvalue weighted by molar-refractivity contribution is 6.14. The van der Waals surface area contributed by atoms with Crippen LogP contribution in [0.2, 0.25) is 0 Å². The Morgan fingerprint density at radius 3 is 1.79 bits per heavy atom. The molecule has 0 aromatic carbocycles. The minimum atomic E-state index is 0.0863. The fourth-order valence-corrected chi connectivity index (χ4v) is 2.71. The van der Waals surface area contributed by atoms with E-state index in [1.54, 1.807) is 12.4 Å². The normalized spacial score (nSPS) is 19.4. The number of rotatable bonds is 3. The summed E-state index contributed by atoms with van der Waals surface area (Å²) in [7, 11) is 0. The molecule has 0 amide bonds. The molecule has 1 fully saturated rings. The molecule has 1 saturated heterocycles. The first-order valence-corrected chi connectivity index (χ1v) is 8.15. The summed E-state index contributed by atoms with van der Waals surface area (Å²) in [5.41, 5.74) is 3.17. The van der Waals surface area contributed by atoms with Crippen molar-refractivity contribution in [2.24, 2.45) is 0 Å². The number of hydrogen-bond donors (Lipinski definition) is 0. The minimum Gasteiger partial charge on any atom is -0.292 e. The maximum atomic E-state index is 12.9. The van der Waals surface area contributed by atoms with Gasteiger partial charge in [0, 0.05) is 42.7 Å². The zero-order chi connectivity index (χ0) is 16.9. The quantitative estimate of drug-likeness (QED) is 0.815. The topological polar surface area (TPSA) is 46.1 Å². The van der Waals surface area contributed by atoms with E-state index in [1.807, 2.05) is 48.6 Å². The van der Waals surface area contributed by atoms with E-state index < -0.39 is 0 Å². The van der Waals surface area contributed by atoms with Crippen LogP contribution in [-0.2, 0) is 4.79 Å². The van der Waals surface area contributed by atoms with Gasteiger partial charge in [-0.15, -0.1) is 0 Å². The van der Waals surface area contributed by atoms with Gasteiger partial charge in [0.05, 0.1) is 11.4 Å². The molecule has 2 aromatic rings. The van der Waals surface area contributed by atoms with Crippen molar-refractivity contribution in [1.29, 1.82) is 0 Å². The molecule has 0 saturated carbocycles. The van der Waals surface area contributed by atoms with Gasteiger partial charge in [-0.1, -0.05) is 12.1 Å². The van der Waals surface area contributed by atoms with Gasteiger partial charge in [-0.05, 0) is 50.3 Å². The number of nitrogens with zero attached hydrogens (tertiary/aromatic N) is 3. The van der Waals surface area contributed by atoms with Crippen LogP contribution < -0.4 is 0 Å². The molecular formula is C20H21N3O. The Kier molecular flexibility index (Phi) is 4.96. The summed E-state index contributed by atoms with van der Waals surface area (Å²) >= 11 is 0. The number of Topliss-reactive ketones (excluding diaryl/α,β-unsaturated/α-hetero) is 1. The average Bonchev–Trinajstić information content (AvgIpc) is 2.60. The Bertz CT molecular complexity index is 702. The van der Waals surface area contributed by atoms with Crippen molar-refractivity contribution < 1.29 is 4.79 Å². The predicted octanol–water partition coefficient (Wildman–Crippen LogP) is 3.24. The van der Waals surface area contributed by atoms with Crippen molar-refractivity contribution in [2.45, 2.75) is 19.9 Å². The van der Waals surface area contributed by atoms with E-state index >= 15 is 0 Å². The van der Waals surface area contributed by atoms with Crippen LogP contribution in [0.3, 0.4) is 0 Å². The maximum Gasteiger partial charge on any atom is 0.187 e. The Hall–Kier alpha value is -2.59. The molecule has 1 aliphatic heterocycles. The van der Waals surface area contributed by atoms with Gasteiger partial charge < -0.3 is 0 Å². The summed E-state index contributed by atoms with van der Waals surface area (Å²) in [6, 6.07) is 11.8. The van der Waals surface area contributed by atoms with Crippen LogP contribution in [-0.4, -0.2) is 39.8 Å². The molecule has 3 rings (SSSR count). The summed E-state index contributed by atoms with van der Waals surface area (Å²) in [4.78, 5) is 23.8. The van der Waals surface area contributed by atoms with Gasteiger partial charge >= 0.3 is 0 Å². The van der Waals surface area contributed by atoms with Crippen LogP contribution in [0.5, 0.6) is 0 Å². The predicted molar refractivity (Wildman–Crippen MR) is 96.1 cm³/mol. The summed E-state index contributed by atoms with van der Waals surface area (Å²) in [5, 5.41) is 0. The molecule has 1 aliphatic rings. The molecule has 2 aromatic heterocycles. The van der Waals surface area contributed by atoms with Gasteiger partial charge in [-0.2, -0.15) is 0 Å². The van der Waals surface area contributed by atoms with E-state index in [-0.39, 0.29) is 5.78 Å². The molecule has 0 spiro atoms. The van der Waals surface area contributed by atoms with Crippen LogP contribution in [0.4, 0.5) is 0 Å². The molecule has 122 valence electrons. The fourth-order valence-electron chi connectivity index (χ4n) is 2.71. The SMILES string of the molecule is CC(C)N1CC(=Cc2ccccn2)C(=O)C(=Cc2ccccn2)C1. The Morgan fingerprint density at radius 2 is 1.42 bits per heavy atom. The Morgan fingerprint density at radius 1 is 0.917 bits per heavy atom. The lowest BCUT2D eigenvalue weighted by Gasteiger charge is -2.32. The van der Waals surface area contributed by atoms with E-state index in [4.69, 9.17) is 0 Å². The number of aromatic nitrogens is 2. The second-order valence-electron chi connectivity index (χ2n) is 6.18. The van der Waals surface area contributed by atoms with Crippen LogP contribution in [0.25, 0.3) is 12.2 Å². The van der Waals surface area contributed by atoms with Gasteiger partial charge in [0.25, 0.3) is 0 Å². The lowest BCUT2D eigenvalue weighted by atomic mass is 9.95. The monoisotopic (exact) mass is 319 g/mol. The smallest absolute Gasteiger partial charge is 0.187 e. The standard InChI is InChI=1S/C20H21N3O/c1-15(2)23-13-16(11-18-7-3-5-9-21-18)20(24)17(14-23)12-19-8-4-6-10-22-19/h3-12,15H,13-14H2,1-2H3. The molecule has 3 heterocycles. The van der Waals surface area contributed by atoms with Crippen molar-refractivity contribution in [3.05, 3.63) is 71.3 Å². The third-order valence-electron chi connectivity index (χ3n) is 4.08. The summed E-state index contributed by atoms with van der Waals surface area (Å²) in [6.45, 7) is 5.58. The van der Waals surface area contributed by atoms with Crippen molar-refractivity contribution in [3.8, 4) is 0 Å². The molecule has 0 aliphatic carbocycles. The zero-order valence-electron chi connectivity index (χ0n) is 14.0. The van der Waals surface area contributed by atoms with Crippen molar-refractivity contribution in [3.63, 3.8) is 0 Å². The number of pyridine rings is 2. The number of ketones is 1. The van der Waals surface area contributed by atoms with E-state index in [9.17, 15) is 4.79 Å². The Balaban J connectivity index is 1.96. The molecule has 0 unspecified atom stereocenters. The second kappa shape index (κ2) is 7.32. The minimum absolute atomic E-state index is 0.0863. The van der Waals surface area contributed by atoms with Crippen LogP contribution in [0.1, 0.15) is 25.2 Å². The van der Waals surface area contributed by atoms with Crippen molar-refractivity contribution in [1.82, 2.24) is 14.9 Å². The van der Waals surface area contributed by atoms with Gasteiger partial charge in [0.15, 0.2) is 5.78 Å². The lowest BCUT2D eigenvalue weighted by molar-refractivity contribution is -0.113. The molecule has 4 nitrogen and oxygen atoms in total. The average molecular weight is 319 g/mol. The zero-order valence-corrected chi connectivity index (χ0v) is 14.0. The highest BCUT2D eigenvalue weighted by Gasteiger charge is 2.27. The Labute approximate surface area is 142 Å². The van der Waals surface area contributed by atoms with Crippen LogP contribution in [0.15, 0.2) is 59.9 Å². The largest absolute Gasteiger partial charge is 0.292 e. The molecule has 4 heteroatoms. The molecule has 0 radical (unpaired) electrons.